The summed E-state index contributed by atoms with van der Waals surface area (Å²) in [5, 5.41) is 12.9. The number of urea groups is 1. The predicted octanol–water partition coefficient (Wildman–Crippen LogP) is -2.63. The van der Waals surface area contributed by atoms with Crippen LogP contribution in [-0.2, 0) is 19.2 Å². The molecule has 0 radical (unpaired) electrons. The summed E-state index contributed by atoms with van der Waals surface area (Å²) in [6.07, 6.45) is -0.594. The fourth-order valence-electron chi connectivity index (χ4n) is 1.60. The van der Waals surface area contributed by atoms with Gasteiger partial charge in [0.2, 0.25) is 17.7 Å². The molecule has 1 rings (SSSR count). The molecule has 1 aliphatic heterocycles. The summed E-state index contributed by atoms with van der Waals surface area (Å²) in [4.78, 5) is 56.9. The standard InChI is InChI=1S/C10H14N4O6/c1-4-8(17)13-7(16)3-14(4)10(20)12-5(9(18)19)2-6(11)15/h4-5H,2-3H2,1H3,(H2,11,15)(H,12,20)(H,18,19)(H,13,16,17)/t4?,5-/m0/s1. The largest absolute Gasteiger partial charge is 0.480 e. The SMILES string of the molecule is CC1C(=O)NC(=O)CN1C(=O)N[C@@H](CC(N)=O)C(=O)O. The quantitative estimate of drug-likeness (QED) is 0.414. The van der Waals surface area contributed by atoms with Gasteiger partial charge in [-0.1, -0.05) is 0 Å². The lowest BCUT2D eigenvalue weighted by molar-refractivity contribution is -0.141. The molecule has 0 aromatic heterocycles. The third-order valence-electron chi connectivity index (χ3n) is 2.69. The molecule has 20 heavy (non-hydrogen) atoms. The van der Waals surface area contributed by atoms with Gasteiger partial charge in [-0.2, -0.15) is 0 Å². The number of carboxylic acids is 1. The molecule has 0 aromatic rings. The van der Waals surface area contributed by atoms with Gasteiger partial charge in [0, 0.05) is 0 Å². The number of piperazine rings is 1. The van der Waals surface area contributed by atoms with Gasteiger partial charge in [0.25, 0.3) is 0 Å². The Bertz CT molecular complexity index is 476. The van der Waals surface area contributed by atoms with E-state index in [1.165, 1.54) is 6.92 Å². The van der Waals surface area contributed by atoms with Crippen molar-refractivity contribution in [3.05, 3.63) is 0 Å². The van der Waals surface area contributed by atoms with Crippen molar-refractivity contribution in [2.24, 2.45) is 5.73 Å². The average molecular weight is 286 g/mol. The van der Waals surface area contributed by atoms with E-state index in [2.05, 4.69) is 0 Å². The first-order chi connectivity index (χ1) is 9.22. The minimum Gasteiger partial charge on any atom is -0.480 e. The number of amides is 5. The van der Waals surface area contributed by atoms with Crippen LogP contribution in [0.5, 0.6) is 0 Å². The van der Waals surface area contributed by atoms with Crippen molar-refractivity contribution >= 4 is 29.7 Å². The second-order valence-corrected chi connectivity index (χ2v) is 4.23. The molecule has 2 atom stereocenters. The summed E-state index contributed by atoms with van der Waals surface area (Å²) in [6.45, 7) is 0.993. The van der Waals surface area contributed by atoms with Crippen LogP contribution in [-0.4, -0.2) is 58.4 Å². The van der Waals surface area contributed by atoms with Crippen LogP contribution in [0.4, 0.5) is 4.79 Å². The Hall–Kier alpha value is -2.65. The molecule has 10 heteroatoms. The van der Waals surface area contributed by atoms with Crippen molar-refractivity contribution in [2.75, 3.05) is 6.54 Å². The number of carboxylic acid groups (broad SMARTS) is 1. The highest BCUT2D eigenvalue weighted by Crippen LogP contribution is 2.06. The number of aliphatic carboxylic acids is 1. The monoisotopic (exact) mass is 286 g/mol. The van der Waals surface area contributed by atoms with Gasteiger partial charge >= 0.3 is 12.0 Å². The van der Waals surface area contributed by atoms with E-state index in [0.717, 1.165) is 4.90 Å². The van der Waals surface area contributed by atoms with E-state index in [1.807, 2.05) is 10.6 Å². The topological polar surface area (TPSA) is 159 Å². The van der Waals surface area contributed by atoms with Crippen molar-refractivity contribution < 1.29 is 29.1 Å². The lowest BCUT2D eigenvalue weighted by atomic mass is 10.2. The summed E-state index contributed by atoms with van der Waals surface area (Å²) in [7, 11) is 0. The van der Waals surface area contributed by atoms with Crippen LogP contribution < -0.4 is 16.4 Å². The molecule has 5 N–H and O–H groups in total. The highest BCUT2D eigenvalue weighted by Gasteiger charge is 2.35. The number of carbonyl (C=O) groups excluding carboxylic acids is 4. The van der Waals surface area contributed by atoms with Gasteiger partial charge in [0.15, 0.2) is 0 Å². The Balaban J connectivity index is 2.77. The van der Waals surface area contributed by atoms with Crippen molar-refractivity contribution in [2.45, 2.75) is 25.4 Å². The fraction of sp³-hybridized carbons (Fsp3) is 0.500. The van der Waals surface area contributed by atoms with Gasteiger partial charge in [0.05, 0.1) is 6.42 Å². The maximum Gasteiger partial charge on any atom is 0.326 e. The van der Waals surface area contributed by atoms with Crippen LogP contribution in [0.25, 0.3) is 0 Å². The normalized spacial score (nSPS) is 20.1. The second kappa shape index (κ2) is 5.99. The minimum absolute atomic E-state index is 0.387. The van der Waals surface area contributed by atoms with Crippen LogP contribution in [0.3, 0.4) is 0 Å². The van der Waals surface area contributed by atoms with Crippen molar-refractivity contribution in [1.29, 1.82) is 0 Å². The molecule has 5 amide bonds. The van der Waals surface area contributed by atoms with Gasteiger partial charge in [-0.3, -0.25) is 19.7 Å². The number of nitrogens with two attached hydrogens (primary N) is 1. The summed E-state index contributed by atoms with van der Waals surface area (Å²) in [6, 6.07) is -3.39. The van der Waals surface area contributed by atoms with Gasteiger partial charge < -0.3 is 21.1 Å². The molecule has 1 heterocycles. The molecule has 0 saturated carbocycles. The van der Waals surface area contributed by atoms with Crippen molar-refractivity contribution in [1.82, 2.24) is 15.5 Å². The first-order valence-corrected chi connectivity index (χ1v) is 5.64. The molecule has 10 nitrogen and oxygen atoms in total. The highest BCUT2D eigenvalue weighted by atomic mass is 16.4. The maximum absolute atomic E-state index is 11.9. The number of hydrogen-bond donors (Lipinski definition) is 4. The molecular weight excluding hydrogens is 272 g/mol. The Kier molecular flexibility index (Phi) is 4.62. The fourth-order valence-corrected chi connectivity index (χ4v) is 1.60. The van der Waals surface area contributed by atoms with Gasteiger partial charge in [-0.05, 0) is 6.92 Å². The molecule has 0 spiro atoms. The summed E-state index contributed by atoms with van der Waals surface area (Å²) < 4.78 is 0. The van der Waals surface area contributed by atoms with E-state index in [0.29, 0.717) is 0 Å². The van der Waals surface area contributed by atoms with Crippen LogP contribution in [0.2, 0.25) is 0 Å². The van der Waals surface area contributed by atoms with E-state index in [9.17, 15) is 24.0 Å². The third kappa shape index (κ3) is 3.67. The Labute approximate surface area is 113 Å². The van der Waals surface area contributed by atoms with Crippen LogP contribution >= 0.6 is 0 Å². The van der Waals surface area contributed by atoms with E-state index in [4.69, 9.17) is 10.8 Å². The number of primary amides is 1. The zero-order valence-electron chi connectivity index (χ0n) is 10.6. The molecule has 0 aliphatic carbocycles. The number of carbonyl (C=O) groups is 5. The molecular formula is C10H14N4O6. The van der Waals surface area contributed by atoms with E-state index < -0.39 is 48.2 Å². The molecule has 1 fully saturated rings. The summed E-state index contributed by atoms with van der Waals surface area (Å²) in [5.41, 5.74) is 4.87. The van der Waals surface area contributed by atoms with Gasteiger partial charge in [0.1, 0.15) is 18.6 Å². The molecule has 0 bridgehead atoms. The Morgan fingerprint density at radius 1 is 1.50 bits per heavy atom. The van der Waals surface area contributed by atoms with Gasteiger partial charge in [-0.25, -0.2) is 9.59 Å². The lowest BCUT2D eigenvalue weighted by Crippen LogP contribution is -2.62. The lowest BCUT2D eigenvalue weighted by Gasteiger charge is -2.32. The van der Waals surface area contributed by atoms with Crippen LogP contribution in [0, 0.1) is 0 Å². The first kappa shape index (κ1) is 15.4. The first-order valence-electron chi connectivity index (χ1n) is 5.64. The number of nitrogens with one attached hydrogen (secondary N) is 2. The Morgan fingerprint density at radius 2 is 2.10 bits per heavy atom. The smallest absolute Gasteiger partial charge is 0.326 e. The second-order valence-electron chi connectivity index (χ2n) is 4.23. The summed E-state index contributed by atoms with van der Waals surface area (Å²) >= 11 is 0. The van der Waals surface area contributed by atoms with Crippen LogP contribution in [0.15, 0.2) is 0 Å². The number of hydrogen-bond acceptors (Lipinski definition) is 5. The van der Waals surface area contributed by atoms with Crippen molar-refractivity contribution in [3.63, 3.8) is 0 Å². The highest BCUT2D eigenvalue weighted by molar-refractivity contribution is 6.04. The molecule has 110 valence electrons. The number of rotatable bonds is 4. The van der Waals surface area contributed by atoms with E-state index in [-0.39, 0.29) is 6.54 Å². The summed E-state index contributed by atoms with van der Waals surface area (Å²) in [5.74, 6) is -3.70. The number of nitrogens with zero attached hydrogens (tertiary/aromatic N) is 1. The molecule has 1 saturated heterocycles. The zero-order chi connectivity index (χ0) is 15.4. The maximum atomic E-state index is 11.9. The van der Waals surface area contributed by atoms with Crippen LogP contribution in [0.1, 0.15) is 13.3 Å². The predicted molar refractivity (Wildman–Crippen MR) is 63.1 cm³/mol. The zero-order valence-corrected chi connectivity index (χ0v) is 10.6. The average Bonchev–Trinajstić information content (AvgIpc) is 2.32. The molecule has 0 aromatic carbocycles. The Morgan fingerprint density at radius 3 is 2.60 bits per heavy atom. The number of imide groups is 1. The van der Waals surface area contributed by atoms with E-state index >= 15 is 0 Å². The van der Waals surface area contributed by atoms with Gasteiger partial charge in [-0.15, -0.1) is 0 Å². The minimum atomic E-state index is -1.52. The van der Waals surface area contributed by atoms with E-state index in [1.54, 1.807) is 0 Å². The molecule has 1 unspecified atom stereocenters. The molecule has 1 aliphatic rings. The third-order valence-corrected chi connectivity index (χ3v) is 2.69. The van der Waals surface area contributed by atoms with Crippen molar-refractivity contribution in [3.8, 4) is 0 Å².